The van der Waals surface area contributed by atoms with Crippen LogP contribution >= 0.6 is 0 Å². The summed E-state index contributed by atoms with van der Waals surface area (Å²) in [5.74, 6) is -0.664. The third-order valence-electron chi connectivity index (χ3n) is 3.09. The van der Waals surface area contributed by atoms with Crippen molar-refractivity contribution in [2.75, 3.05) is 6.61 Å². The molecule has 0 aliphatic carbocycles. The van der Waals surface area contributed by atoms with Crippen LogP contribution in [-0.2, 0) is 20.8 Å². The van der Waals surface area contributed by atoms with Gasteiger partial charge in [0.1, 0.15) is 12.2 Å². The Morgan fingerprint density at radius 1 is 1.26 bits per heavy atom. The van der Waals surface area contributed by atoms with Crippen molar-refractivity contribution in [3.05, 3.63) is 35.9 Å². The lowest BCUT2D eigenvalue weighted by Crippen LogP contribution is -2.36. The normalized spacial score (nSPS) is 27.4. The van der Waals surface area contributed by atoms with Crippen LogP contribution in [0.2, 0.25) is 0 Å². The first-order chi connectivity index (χ1) is 8.98. The molecule has 1 N–H and O–H groups in total. The van der Waals surface area contributed by atoms with Gasteiger partial charge in [0.05, 0.1) is 19.3 Å². The molecule has 1 unspecified atom stereocenters. The molecule has 0 bridgehead atoms. The maximum Gasteiger partial charge on any atom is 0.164 e. The first-order valence-corrected chi connectivity index (χ1v) is 6.63. The molecular formula is C15H22O4. The molecule has 1 aliphatic rings. The number of hydrogen-bond donors (Lipinski definition) is 1. The zero-order valence-electron chi connectivity index (χ0n) is 11.7. The molecule has 0 amide bonds. The van der Waals surface area contributed by atoms with E-state index in [0.29, 0.717) is 13.2 Å². The van der Waals surface area contributed by atoms with Crippen molar-refractivity contribution in [2.24, 2.45) is 0 Å². The van der Waals surface area contributed by atoms with Crippen LogP contribution in [0, 0.1) is 0 Å². The van der Waals surface area contributed by atoms with Crippen molar-refractivity contribution in [3.63, 3.8) is 0 Å². The quantitative estimate of drug-likeness (QED) is 0.886. The molecule has 1 saturated heterocycles. The van der Waals surface area contributed by atoms with E-state index in [4.69, 9.17) is 14.2 Å². The van der Waals surface area contributed by atoms with Crippen molar-refractivity contribution < 1.29 is 19.3 Å². The summed E-state index contributed by atoms with van der Waals surface area (Å²) in [5.41, 5.74) is 1.12. The lowest BCUT2D eigenvalue weighted by Gasteiger charge is -2.19. The highest BCUT2D eigenvalue weighted by molar-refractivity contribution is 5.13. The maximum atomic E-state index is 9.71. The molecule has 1 fully saturated rings. The van der Waals surface area contributed by atoms with Gasteiger partial charge in [0.25, 0.3) is 0 Å². The largest absolute Gasteiger partial charge is 0.391 e. The second-order valence-electron chi connectivity index (χ2n) is 5.38. The third-order valence-corrected chi connectivity index (χ3v) is 3.09. The average Bonchev–Trinajstić information content (AvgIpc) is 2.66. The summed E-state index contributed by atoms with van der Waals surface area (Å²) in [5, 5.41) is 9.71. The molecule has 1 aromatic carbocycles. The Labute approximate surface area is 114 Å². The van der Waals surface area contributed by atoms with Gasteiger partial charge in [0.2, 0.25) is 0 Å². The molecule has 2 rings (SSSR count). The number of ether oxygens (including phenoxy) is 3. The topological polar surface area (TPSA) is 47.9 Å². The third kappa shape index (κ3) is 4.01. The summed E-state index contributed by atoms with van der Waals surface area (Å²) in [6.07, 6.45) is -1.16. The molecule has 4 heteroatoms. The van der Waals surface area contributed by atoms with E-state index in [9.17, 15) is 5.11 Å². The SMILES string of the molecule is CC(O)[C@@H]1OC(C)(C)O[C@H]1COCc1ccccc1. The summed E-state index contributed by atoms with van der Waals surface area (Å²) >= 11 is 0. The van der Waals surface area contributed by atoms with Gasteiger partial charge in [-0.25, -0.2) is 0 Å². The van der Waals surface area contributed by atoms with E-state index in [1.165, 1.54) is 0 Å². The Morgan fingerprint density at radius 3 is 2.58 bits per heavy atom. The van der Waals surface area contributed by atoms with Crippen molar-refractivity contribution in [2.45, 2.75) is 51.5 Å². The fourth-order valence-corrected chi connectivity index (χ4v) is 2.27. The van der Waals surface area contributed by atoms with Gasteiger partial charge in [-0.15, -0.1) is 0 Å². The van der Waals surface area contributed by atoms with Gasteiger partial charge in [-0.3, -0.25) is 0 Å². The second-order valence-corrected chi connectivity index (χ2v) is 5.38. The molecule has 19 heavy (non-hydrogen) atoms. The molecule has 0 spiro atoms. The van der Waals surface area contributed by atoms with E-state index in [1.807, 2.05) is 44.2 Å². The van der Waals surface area contributed by atoms with Crippen LogP contribution in [0.1, 0.15) is 26.3 Å². The van der Waals surface area contributed by atoms with Crippen molar-refractivity contribution in [1.82, 2.24) is 0 Å². The summed E-state index contributed by atoms with van der Waals surface area (Å²) in [6.45, 7) is 6.35. The van der Waals surface area contributed by atoms with E-state index in [-0.39, 0.29) is 12.2 Å². The number of aliphatic hydroxyl groups excluding tert-OH is 1. The van der Waals surface area contributed by atoms with E-state index in [0.717, 1.165) is 5.56 Å². The Kier molecular flexibility index (Phi) is 4.58. The molecule has 1 aliphatic heterocycles. The Morgan fingerprint density at radius 2 is 1.95 bits per heavy atom. The summed E-state index contributed by atoms with van der Waals surface area (Å²) in [4.78, 5) is 0. The maximum absolute atomic E-state index is 9.71. The van der Waals surface area contributed by atoms with E-state index < -0.39 is 11.9 Å². The van der Waals surface area contributed by atoms with Crippen molar-refractivity contribution in [3.8, 4) is 0 Å². The predicted molar refractivity (Wildman–Crippen MR) is 71.6 cm³/mol. The summed E-state index contributed by atoms with van der Waals surface area (Å²) < 4.78 is 17.1. The zero-order chi connectivity index (χ0) is 13.9. The van der Waals surface area contributed by atoms with Crippen LogP contribution in [0.5, 0.6) is 0 Å². The lowest BCUT2D eigenvalue weighted by molar-refractivity contribution is -0.157. The first kappa shape index (κ1) is 14.5. The van der Waals surface area contributed by atoms with Gasteiger partial charge in [-0.1, -0.05) is 30.3 Å². The number of aliphatic hydroxyl groups is 1. The molecule has 0 aromatic heterocycles. The molecule has 0 saturated carbocycles. The van der Waals surface area contributed by atoms with Gasteiger partial charge in [-0.2, -0.15) is 0 Å². The highest BCUT2D eigenvalue weighted by atomic mass is 16.8. The summed E-state index contributed by atoms with van der Waals surface area (Å²) in [6, 6.07) is 9.97. The van der Waals surface area contributed by atoms with Crippen molar-refractivity contribution in [1.29, 1.82) is 0 Å². The number of hydrogen-bond acceptors (Lipinski definition) is 4. The Hall–Kier alpha value is -0.940. The smallest absolute Gasteiger partial charge is 0.164 e. The van der Waals surface area contributed by atoms with Crippen LogP contribution in [0.15, 0.2) is 30.3 Å². The van der Waals surface area contributed by atoms with E-state index >= 15 is 0 Å². The molecule has 3 atom stereocenters. The highest BCUT2D eigenvalue weighted by Gasteiger charge is 2.43. The Bertz CT molecular complexity index is 388. The van der Waals surface area contributed by atoms with Crippen LogP contribution in [-0.4, -0.2) is 35.8 Å². The van der Waals surface area contributed by atoms with Gasteiger partial charge in [0.15, 0.2) is 5.79 Å². The number of benzene rings is 1. The van der Waals surface area contributed by atoms with Gasteiger partial charge < -0.3 is 19.3 Å². The fraction of sp³-hybridized carbons (Fsp3) is 0.600. The monoisotopic (exact) mass is 266 g/mol. The van der Waals surface area contributed by atoms with Crippen LogP contribution in [0.3, 0.4) is 0 Å². The molecule has 1 heterocycles. The summed E-state index contributed by atoms with van der Waals surface area (Å²) in [7, 11) is 0. The van der Waals surface area contributed by atoms with Crippen LogP contribution in [0.4, 0.5) is 0 Å². The van der Waals surface area contributed by atoms with Crippen LogP contribution in [0.25, 0.3) is 0 Å². The molecular weight excluding hydrogens is 244 g/mol. The molecule has 4 nitrogen and oxygen atoms in total. The Balaban J connectivity index is 1.84. The highest BCUT2D eigenvalue weighted by Crippen LogP contribution is 2.30. The average molecular weight is 266 g/mol. The van der Waals surface area contributed by atoms with Gasteiger partial charge in [0, 0.05) is 0 Å². The first-order valence-electron chi connectivity index (χ1n) is 6.63. The number of rotatable bonds is 5. The minimum Gasteiger partial charge on any atom is -0.391 e. The van der Waals surface area contributed by atoms with Crippen LogP contribution < -0.4 is 0 Å². The molecule has 0 radical (unpaired) electrons. The van der Waals surface area contributed by atoms with Gasteiger partial charge >= 0.3 is 0 Å². The molecule has 106 valence electrons. The van der Waals surface area contributed by atoms with E-state index in [2.05, 4.69) is 0 Å². The minimum absolute atomic E-state index is 0.237. The predicted octanol–water partition coefficient (Wildman–Crippen LogP) is 2.10. The second kappa shape index (κ2) is 6.01. The lowest BCUT2D eigenvalue weighted by atomic mass is 10.1. The fourth-order valence-electron chi connectivity index (χ4n) is 2.27. The standard InChI is InChI=1S/C15H22O4/c1-11(16)14-13(18-15(2,3)19-14)10-17-9-12-7-5-4-6-8-12/h4-8,11,13-14,16H,9-10H2,1-3H3/t11?,13-,14-/m0/s1. The van der Waals surface area contributed by atoms with Gasteiger partial charge in [-0.05, 0) is 26.3 Å². The zero-order valence-corrected chi connectivity index (χ0v) is 11.7. The van der Waals surface area contributed by atoms with Crippen molar-refractivity contribution >= 4 is 0 Å². The minimum atomic E-state index is -0.664. The van der Waals surface area contributed by atoms with E-state index in [1.54, 1.807) is 6.92 Å². The molecule has 1 aromatic rings.